The first-order valence-corrected chi connectivity index (χ1v) is 13.2. The number of ether oxygens (including phenoxy) is 3. The summed E-state index contributed by atoms with van der Waals surface area (Å²) in [6, 6.07) is 10.4. The van der Waals surface area contributed by atoms with Gasteiger partial charge >= 0.3 is 0 Å². The van der Waals surface area contributed by atoms with E-state index in [9.17, 15) is 18.8 Å². The maximum absolute atomic E-state index is 14.5. The van der Waals surface area contributed by atoms with Crippen LogP contribution >= 0.6 is 0 Å². The van der Waals surface area contributed by atoms with Crippen molar-refractivity contribution in [2.45, 2.75) is 38.0 Å². The molecular formula is C29H30FN5O6. The molecule has 214 valence electrons. The number of methoxy groups -OCH3 is 1. The highest BCUT2D eigenvalue weighted by atomic mass is 19.1. The van der Waals surface area contributed by atoms with Crippen LogP contribution in [0.15, 0.2) is 55.0 Å². The molecular weight excluding hydrogens is 533 g/mol. The molecule has 0 saturated carbocycles. The number of nitrogens with zero attached hydrogens (tertiary/aromatic N) is 3. The molecule has 41 heavy (non-hydrogen) atoms. The van der Waals surface area contributed by atoms with Crippen LogP contribution in [0.5, 0.6) is 17.2 Å². The van der Waals surface area contributed by atoms with Gasteiger partial charge in [0.25, 0.3) is 11.8 Å². The van der Waals surface area contributed by atoms with E-state index in [2.05, 4.69) is 20.6 Å². The van der Waals surface area contributed by atoms with Crippen LogP contribution in [-0.4, -0.2) is 71.5 Å². The zero-order valence-corrected chi connectivity index (χ0v) is 22.5. The van der Waals surface area contributed by atoms with Gasteiger partial charge in [-0.2, -0.15) is 0 Å². The number of fused-ring (bicyclic) bond motifs is 5. The van der Waals surface area contributed by atoms with Crippen molar-refractivity contribution in [3.63, 3.8) is 0 Å². The summed E-state index contributed by atoms with van der Waals surface area (Å²) in [7, 11) is 1.50. The number of carbonyl (C=O) groups excluding carboxylic acids is 3. The molecule has 0 radical (unpaired) electrons. The highest BCUT2D eigenvalue weighted by molar-refractivity contribution is 5.92. The normalized spacial score (nSPS) is 19.7. The molecule has 5 rings (SSSR count). The number of benzene rings is 2. The van der Waals surface area contributed by atoms with Crippen LogP contribution in [-0.2, 0) is 22.6 Å². The predicted octanol–water partition coefficient (Wildman–Crippen LogP) is 2.04. The van der Waals surface area contributed by atoms with Gasteiger partial charge in [0.1, 0.15) is 29.7 Å². The van der Waals surface area contributed by atoms with E-state index in [-0.39, 0.29) is 49.4 Å². The molecule has 3 aromatic rings. The molecule has 3 heterocycles. The second-order valence-corrected chi connectivity index (χ2v) is 9.81. The number of amides is 3. The molecule has 3 amide bonds. The number of piperidine rings is 1. The Morgan fingerprint density at radius 1 is 1.10 bits per heavy atom. The lowest BCUT2D eigenvalue weighted by atomic mass is 10.0. The topological polar surface area (TPSA) is 132 Å². The fourth-order valence-electron chi connectivity index (χ4n) is 4.87. The average molecular weight is 564 g/mol. The fraction of sp³-hybridized carbons (Fsp3) is 0.345. The van der Waals surface area contributed by atoms with Crippen LogP contribution in [0, 0.1) is 5.82 Å². The van der Waals surface area contributed by atoms with Crippen LogP contribution in [0.4, 0.5) is 4.39 Å². The van der Waals surface area contributed by atoms with Crippen LogP contribution in [0.3, 0.4) is 0 Å². The Kier molecular flexibility index (Phi) is 8.56. The van der Waals surface area contributed by atoms with Gasteiger partial charge in [-0.1, -0.05) is 6.07 Å². The summed E-state index contributed by atoms with van der Waals surface area (Å²) in [5.74, 6) is -0.390. The Morgan fingerprint density at radius 2 is 1.98 bits per heavy atom. The zero-order chi connectivity index (χ0) is 28.8. The number of likely N-dealkylation sites (tertiary alicyclic amines) is 1. The van der Waals surface area contributed by atoms with Crippen molar-refractivity contribution in [1.82, 2.24) is 25.5 Å². The van der Waals surface area contributed by atoms with E-state index in [4.69, 9.17) is 14.2 Å². The van der Waals surface area contributed by atoms with Crippen molar-refractivity contribution in [1.29, 1.82) is 0 Å². The maximum atomic E-state index is 14.5. The van der Waals surface area contributed by atoms with Crippen LogP contribution < -0.4 is 24.8 Å². The Bertz CT molecular complexity index is 1420. The minimum Gasteiger partial charge on any atom is -0.493 e. The van der Waals surface area contributed by atoms with Crippen LogP contribution in [0.2, 0.25) is 0 Å². The Hall–Kier alpha value is -4.74. The van der Waals surface area contributed by atoms with Crippen molar-refractivity contribution < 1.29 is 33.0 Å². The fourth-order valence-corrected chi connectivity index (χ4v) is 4.87. The number of hydrogen-bond acceptors (Lipinski definition) is 8. The number of hydrogen-bond donors (Lipinski definition) is 2. The summed E-state index contributed by atoms with van der Waals surface area (Å²) in [4.78, 5) is 48.2. The van der Waals surface area contributed by atoms with Gasteiger partial charge < -0.3 is 29.7 Å². The molecule has 2 atom stereocenters. The molecule has 0 aliphatic carbocycles. The molecule has 4 bridgehead atoms. The number of rotatable bonds is 2. The number of carbonyl (C=O) groups is 3. The lowest BCUT2D eigenvalue weighted by molar-refractivity contribution is -0.125. The minimum absolute atomic E-state index is 0.121. The van der Waals surface area contributed by atoms with Gasteiger partial charge in [-0.25, -0.2) is 14.4 Å². The van der Waals surface area contributed by atoms with E-state index in [0.717, 1.165) is 5.56 Å². The molecule has 12 heteroatoms. The third kappa shape index (κ3) is 7.07. The van der Waals surface area contributed by atoms with E-state index in [0.29, 0.717) is 36.4 Å². The highest BCUT2D eigenvalue weighted by Gasteiger charge is 2.35. The predicted molar refractivity (Wildman–Crippen MR) is 144 cm³/mol. The Morgan fingerprint density at radius 3 is 2.78 bits per heavy atom. The van der Waals surface area contributed by atoms with Crippen LogP contribution in [0.25, 0.3) is 0 Å². The summed E-state index contributed by atoms with van der Waals surface area (Å²) in [5, 5.41) is 5.75. The van der Waals surface area contributed by atoms with E-state index in [1.165, 1.54) is 37.8 Å². The zero-order valence-electron chi connectivity index (χ0n) is 22.5. The standard InChI is InChI=1S/C29H30FN5O6/c1-39-25-4-2-18-3-5-27(36)32-14-19-10-20(30)13-21(11-19)41-24-7-9-35(29(38)22-6-8-31-17-33-22)15-23(24)34-28(37)16-40-26(25)12-18/h2,4,6,8,10-13,17,23-24H,3,5,7,9,14-16H2,1H3,(H,32,36)(H,34,37)/t23-,24-/m1/s1. The van der Waals surface area contributed by atoms with Crippen molar-refractivity contribution in [2.24, 2.45) is 0 Å². The molecule has 1 fully saturated rings. The van der Waals surface area contributed by atoms with Gasteiger partial charge in [-0.15, -0.1) is 0 Å². The lowest BCUT2D eigenvalue weighted by Gasteiger charge is -2.38. The number of aromatic nitrogens is 2. The molecule has 2 N–H and O–H groups in total. The third-order valence-electron chi connectivity index (χ3n) is 6.92. The first-order valence-electron chi connectivity index (χ1n) is 13.2. The summed E-state index contributed by atoms with van der Waals surface area (Å²) < 4.78 is 31.9. The summed E-state index contributed by atoms with van der Waals surface area (Å²) in [6.07, 6.45) is 3.20. The lowest BCUT2D eigenvalue weighted by Crippen LogP contribution is -2.58. The average Bonchev–Trinajstić information content (AvgIpc) is 2.98. The third-order valence-corrected chi connectivity index (χ3v) is 6.92. The van der Waals surface area contributed by atoms with E-state index >= 15 is 0 Å². The monoisotopic (exact) mass is 563 g/mol. The molecule has 2 aromatic carbocycles. The molecule has 2 aliphatic rings. The first kappa shape index (κ1) is 27.8. The molecule has 11 nitrogen and oxygen atoms in total. The maximum Gasteiger partial charge on any atom is 0.272 e. The van der Waals surface area contributed by atoms with E-state index in [1.54, 1.807) is 23.1 Å². The largest absolute Gasteiger partial charge is 0.493 e. The molecule has 0 unspecified atom stereocenters. The van der Waals surface area contributed by atoms with Crippen molar-refractivity contribution >= 4 is 17.7 Å². The summed E-state index contributed by atoms with van der Waals surface area (Å²) >= 11 is 0. The van der Waals surface area contributed by atoms with Gasteiger partial charge in [-0.3, -0.25) is 14.4 Å². The van der Waals surface area contributed by atoms with Gasteiger partial charge in [0.15, 0.2) is 18.1 Å². The smallest absolute Gasteiger partial charge is 0.272 e. The number of halogens is 1. The van der Waals surface area contributed by atoms with E-state index < -0.39 is 23.9 Å². The highest BCUT2D eigenvalue weighted by Crippen LogP contribution is 2.29. The summed E-state index contributed by atoms with van der Waals surface area (Å²) in [6.45, 7) is 0.262. The van der Waals surface area contributed by atoms with Gasteiger partial charge in [0.2, 0.25) is 5.91 Å². The van der Waals surface area contributed by atoms with Crippen molar-refractivity contribution in [3.8, 4) is 17.2 Å². The first-order chi connectivity index (χ1) is 19.9. The van der Waals surface area contributed by atoms with Crippen LogP contribution in [0.1, 0.15) is 34.5 Å². The SMILES string of the molecule is COc1ccc2cc1OCC(=O)N[C@@H]1CN(C(=O)c3ccncn3)CC[C@H]1Oc1cc(F)cc(c1)CNC(=O)CC2. The quantitative estimate of drug-likeness (QED) is 0.484. The second kappa shape index (κ2) is 12.6. The van der Waals surface area contributed by atoms with Gasteiger partial charge in [-0.05, 0) is 47.9 Å². The molecule has 0 spiro atoms. The van der Waals surface area contributed by atoms with Crippen molar-refractivity contribution in [3.05, 3.63) is 77.6 Å². The molecule has 2 aliphatic heterocycles. The second-order valence-electron chi connectivity index (χ2n) is 9.81. The number of aryl methyl sites for hydroxylation is 1. The Labute approximate surface area is 236 Å². The Balaban J connectivity index is 1.41. The molecule has 1 saturated heterocycles. The van der Waals surface area contributed by atoms with E-state index in [1.807, 2.05) is 6.07 Å². The van der Waals surface area contributed by atoms with Gasteiger partial charge in [0, 0.05) is 44.7 Å². The summed E-state index contributed by atoms with van der Waals surface area (Å²) in [5.41, 5.74) is 1.59. The van der Waals surface area contributed by atoms with Gasteiger partial charge in [0.05, 0.1) is 13.2 Å². The molecule has 1 aromatic heterocycles. The number of nitrogens with one attached hydrogen (secondary N) is 2. The van der Waals surface area contributed by atoms with Crippen molar-refractivity contribution in [2.75, 3.05) is 26.8 Å². The minimum atomic E-state index is -0.635.